The smallest absolute Gasteiger partial charge is 0.264 e. The van der Waals surface area contributed by atoms with Crippen LogP contribution in [-0.2, 0) is 26.2 Å². The molecule has 0 saturated carbocycles. The van der Waals surface area contributed by atoms with E-state index in [4.69, 9.17) is 21.1 Å². The average molecular weight is 616 g/mol. The molecule has 0 aliphatic heterocycles. The van der Waals surface area contributed by atoms with Gasteiger partial charge in [0.05, 0.1) is 24.8 Å². The number of carbonyl (C=O) groups is 2. The minimum atomic E-state index is -4.27. The van der Waals surface area contributed by atoms with Crippen LogP contribution in [-0.4, -0.2) is 57.5 Å². The first-order valence-electron chi connectivity index (χ1n) is 13.5. The highest BCUT2D eigenvalue weighted by Gasteiger charge is 2.35. The zero-order valence-corrected chi connectivity index (χ0v) is 26.3. The summed E-state index contributed by atoms with van der Waals surface area (Å²) < 4.78 is 39.9. The van der Waals surface area contributed by atoms with Crippen molar-refractivity contribution in [2.45, 2.75) is 57.1 Å². The Morgan fingerprint density at radius 2 is 1.64 bits per heavy atom. The number of ether oxygens (including phenoxy) is 2. The van der Waals surface area contributed by atoms with E-state index in [1.165, 1.54) is 36.3 Å². The van der Waals surface area contributed by atoms with Gasteiger partial charge in [-0.05, 0) is 75.2 Å². The van der Waals surface area contributed by atoms with Gasteiger partial charge in [-0.3, -0.25) is 13.9 Å². The molecule has 0 aliphatic rings. The number of methoxy groups -OCH3 is 2. The summed E-state index contributed by atoms with van der Waals surface area (Å²) in [6.07, 6.45) is 0.295. The monoisotopic (exact) mass is 615 g/mol. The van der Waals surface area contributed by atoms with Crippen molar-refractivity contribution in [2.24, 2.45) is 0 Å². The van der Waals surface area contributed by atoms with Crippen molar-refractivity contribution < 1.29 is 27.5 Å². The van der Waals surface area contributed by atoms with Crippen LogP contribution in [0.1, 0.15) is 39.7 Å². The van der Waals surface area contributed by atoms with E-state index in [1.807, 2.05) is 26.8 Å². The summed E-state index contributed by atoms with van der Waals surface area (Å²) in [4.78, 5) is 29.1. The predicted octanol–water partition coefficient (Wildman–Crippen LogP) is 5.27. The van der Waals surface area contributed by atoms with Gasteiger partial charge in [0, 0.05) is 17.1 Å². The molecule has 0 heterocycles. The minimum Gasteiger partial charge on any atom is -0.497 e. The second-order valence-corrected chi connectivity index (χ2v) is 13.0. The number of sulfonamides is 1. The molecule has 1 atom stereocenters. The van der Waals surface area contributed by atoms with E-state index in [9.17, 15) is 18.0 Å². The van der Waals surface area contributed by atoms with Crippen LogP contribution < -0.4 is 19.1 Å². The fourth-order valence-electron chi connectivity index (χ4n) is 4.43. The number of amides is 2. The number of nitrogens with one attached hydrogen (secondary N) is 1. The second-order valence-electron chi connectivity index (χ2n) is 10.7. The Labute approximate surface area is 253 Å². The highest BCUT2D eigenvalue weighted by Crippen LogP contribution is 2.35. The SMILES string of the molecule is CCC(C(=O)NC(C)(C)C)N(Cc1cccc(OC)c1)C(=O)CN(c1cc(Cl)ccc1OC)S(=O)(=O)c1ccccc1. The molecule has 3 aromatic rings. The standard InChI is InChI=1S/C31H38ClN3O6S/c1-7-26(30(37)33-31(2,3)4)34(20-22-12-11-13-24(18-22)40-5)29(36)21-35(27-19-23(32)16-17-28(27)41-6)42(38,39)25-14-9-8-10-15-25/h8-19,26H,7,20-21H2,1-6H3,(H,33,37). The van der Waals surface area contributed by atoms with Crippen LogP contribution in [0.3, 0.4) is 0 Å². The molecule has 42 heavy (non-hydrogen) atoms. The summed E-state index contributed by atoms with van der Waals surface area (Å²) in [5.41, 5.74) is 0.254. The van der Waals surface area contributed by atoms with Gasteiger partial charge in [-0.1, -0.05) is 48.9 Å². The Kier molecular flexibility index (Phi) is 10.9. The summed E-state index contributed by atoms with van der Waals surface area (Å²) >= 11 is 6.29. The zero-order chi connectivity index (χ0) is 31.1. The lowest BCUT2D eigenvalue weighted by Gasteiger charge is -2.35. The van der Waals surface area contributed by atoms with Gasteiger partial charge in [-0.2, -0.15) is 0 Å². The number of halogens is 1. The van der Waals surface area contributed by atoms with Crippen LogP contribution in [0.4, 0.5) is 5.69 Å². The highest BCUT2D eigenvalue weighted by molar-refractivity contribution is 7.92. The molecule has 1 unspecified atom stereocenters. The van der Waals surface area contributed by atoms with Crippen LogP contribution >= 0.6 is 11.6 Å². The molecule has 0 saturated heterocycles. The quantitative estimate of drug-likeness (QED) is 0.297. The molecule has 3 aromatic carbocycles. The second kappa shape index (κ2) is 13.9. The maximum atomic E-state index is 14.3. The molecule has 0 bridgehead atoms. The number of benzene rings is 3. The molecule has 226 valence electrons. The first-order valence-corrected chi connectivity index (χ1v) is 15.3. The van der Waals surface area contributed by atoms with Crippen molar-refractivity contribution in [3.63, 3.8) is 0 Å². The van der Waals surface area contributed by atoms with Gasteiger partial charge in [0.25, 0.3) is 10.0 Å². The molecule has 0 radical (unpaired) electrons. The third-order valence-corrected chi connectivity index (χ3v) is 8.40. The Morgan fingerprint density at radius 1 is 0.952 bits per heavy atom. The van der Waals surface area contributed by atoms with Crippen molar-refractivity contribution in [1.29, 1.82) is 0 Å². The van der Waals surface area contributed by atoms with E-state index < -0.39 is 34.1 Å². The van der Waals surface area contributed by atoms with E-state index in [1.54, 1.807) is 56.5 Å². The van der Waals surface area contributed by atoms with E-state index in [0.29, 0.717) is 17.7 Å². The molecule has 1 N–H and O–H groups in total. The lowest BCUT2D eigenvalue weighted by molar-refractivity contribution is -0.141. The van der Waals surface area contributed by atoms with Crippen molar-refractivity contribution in [1.82, 2.24) is 10.2 Å². The molecular weight excluding hydrogens is 578 g/mol. The fraction of sp³-hybridized carbons (Fsp3) is 0.355. The summed E-state index contributed by atoms with van der Waals surface area (Å²) in [5.74, 6) is -0.137. The van der Waals surface area contributed by atoms with Gasteiger partial charge in [0.1, 0.15) is 24.1 Å². The molecule has 2 amide bonds. The topological polar surface area (TPSA) is 105 Å². The largest absolute Gasteiger partial charge is 0.497 e. The molecule has 0 fully saturated rings. The van der Waals surface area contributed by atoms with Crippen LogP contribution in [0, 0.1) is 0 Å². The Bertz CT molecular complexity index is 1490. The third-order valence-electron chi connectivity index (χ3n) is 6.39. The average Bonchev–Trinajstić information content (AvgIpc) is 2.95. The van der Waals surface area contributed by atoms with Gasteiger partial charge in [0.2, 0.25) is 11.8 Å². The molecule has 11 heteroatoms. The molecular formula is C31H38ClN3O6S. The Hall–Kier alpha value is -3.76. The van der Waals surface area contributed by atoms with Gasteiger partial charge in [-0.15, -0.1) is 0 Å². The summed E-state index contributed by atoms with van der Waals surface area (Å²) in [5, 5.41) is 3.21. The summed E-state index contributed by atoms with van der Waals surface area (Å²) in [6.45, 7) is 6.79. The van der Waals surface area contributed by atoms with E-state index in [2.05, 4.69) is 5.32 Å². The van der Waals surface area contributed by atoms with Crippen LogP contribution in [0.5, 0.6) is 11.5 Å². The van der Waals surface area contributed by atoms with Gasteiger partial charge in [0.15, 0.2) is 0 Å². The van der Waals surface area contributed by atoms with E-state index in [-0.39, 0.29) is 33.8 Å². The number of hydrogen-bond acceptors (Lipinski definition) is 6. The van der Waals surface area contributed by atoms with Gasteiger partial charge in [-0.25, -0.2) is 8.42 Å². The molecule has 0 aliphatic carbocycles. The van der Waals surface area contributed by atoms with Gasteiger partial charge < -0.3 is 19.7 Å². The van der Waals surface area contributed by atoms with Crippen LogP contribution in [0.2, 0.25) is 5.02 Å². The first kappa shape index (κ1) is 32.8. The van der Waals surface area contributed by atoms with Crippen LogP contribution in [0.25, 0.3) is 0 Å². The molecule has 0 aromatic heterocycles. The molecule has 3 rings (SSSR count). The summed E-state index contributed by atoms with van der Waals surface area (Å²) in [7, 11) is -1.33. The third kappa shape index (κ3) is 8.17. The lowest BCUT2D eigenvalue weighted by atomic mass is 10.1. The van der Waals surface area contributed by atoms with E-state index in [0.717, 1.165) is 4.31 Å². The highest BCUT2D eigenvalue weighted by atomic mass is 35.5. The number of hydrogen-bond donors (Lipinski definition) is 1. The van der Waals surface area contributed by atoms with Gasteiger partial charge >= 0.3 is 0 Å². The number of carbonyl (C=O) groups excluding carboxylic acids is 2. The van der Waals surface area contributed by atoms with E-state index >= 15 is 0 Å². The first-order chi connectivity index (χ1) is 19.8. The van der Waals surface area contributed by atoms with Crippen molar-refractivity contribution in [2.75, 3.05) is 25.1 Å². The molecule has 9 nitrogen and oxygen atoms in total. The normalized spacial score (nSPS) is 12.3. The predicted molar refractivity (Wildman–Crippen MR) is 164 cm³/mol. The maximum Gasteiger partial charge on any atom is 0.264 e. The Balaban J connectivity index is 2.14. The van der Waals surface area contributed by atoms with Crippen molar-refractivity contribution in [3.05, 3.63) is 83.4 Å². The lowest BCUT2D eigenvalue weighted by Crippen LogP contribution is -2.55. The summed E-state index contributed by atoms with van der Waals surface area (Å²) in [6, 6.07) is 18.6. The number of rotatable bonds is 12. The Morgan fingerprint density at radius 3 is 2.24 bits per heavy atom. The zero-order valence-electron chi connectivity index (χ0n) is 24.8. The van der Waals surface area contributed by atoms with Crippen molar-refractivity contribution in [3.8, 4) is 11.5 Å². The number of nitrogens with zero attached hydrogens (tertiary/aromatic N) is 2. The minimum absolute atomic E-state index is 0.0170. The maximum absolute atomic E-state index is 14.3. The molecule has 0 spiro atoms. The fourth-order valence-corrected chi connectivity index (χ4v) is 6.03. The number of anilines is 1. The van der Waals surface area contributed by atoms with Crippen molar-refractivity contribution >= 4 is 39.1 Å². The van der Waals surface area contributed by atoms with Crippen LogP contribution in [0.15, 0.2) is 77.7 Å².